The third kappa shape index (κ3) is 2.09. The van der Waals surface area contributed by atoms with Crippen LogP contribution in [0.15, 0.2) is 64.6 Å². The number of aromatic nitrogens is 4. The van der Waals surface area contributed by atoms with Gasteiger partial charge in [-0.2, -0.15) is 9.78 Å². The molecule has 0 fully saturated rings. The third-order valence-corrected chi connectivity index (χ3v) is 4.60. The summed E-state index contributed by atoms with van der Waals surface area (Å²) >= 11 is 0. The van der Waals surface area contributed by atoms with Crippen LogP contribution in [0.25, 0.3) is 32.8 Å². The normalized spacial score (nSPS) is 12.0. The summed E-state index contributed by atoms with van der Waals surface area (Å²) in [5.74, 6) is 0.545. The van der Waals surface area contributed by atoms with Crippen LogP contribution in [0.1, 0.15) is 11.4 Å². The van der Waals surface area contributed by atoms with Crippen LogP contribution in [0.2, 0.25) is 0 Å². The van der Waals surface area contributed by atoms with Gasteiger partial charge in [-0.25, -0.2) is 4.98 Å². The monoisotopic (exact) mass is 341 g/mol. The van der Waals surface area contributed by atoms with Crippen LogP contribution >= 0.6 is 0 Å². The minimum atomic E-state index is -0.209. The van der Waals surface area contributed by atoms with Crippen molar-refractivity contribution in [1.29, 1.82) is 0 Å². The van der Waals surface area contributed by atoms with Gasteiger partial charge in [-0.05, 0) is 19.1 Å². The first-order valence-electron chi connectivity index (χ1n) is 8.33. The summed E-state index contributed by atoms with van der Waals surface area (Å²) in [5.41, 5.74) is 3.78. The maximum Gasteiger partial charge on any atom is 0.298 e. The van der Waals surface area contributed by atoms with Crippen molar-refractivity contribution in [3.05, 3.63) is 76.5 Å². The van der Waals surface area contributed by atoms with Crippen molar-refractivity contribution in [2.45, 2.75) is 6.92 Å². The summed E-state index contributed by atoms with van der Waals surface area (Å²) in [5, 5.41) is 6.39. The second-order valence-electron chi connectivity index (χ2n) is 6.20. The van der Waals surface area contributed by atoms with Gasteiger partial charge in [0.25, 0.3) is 5.56 Å². The number of nitrogens with zero attached hydrogens (tertiary/aromatic N) is 3. The van der Waals surface area contributed by atoms with Gasteiger partial charge in [0, 0.05) is 33.6 Å². The molecular formula is C20H15N5O. The van der Waals surface area contributed by atoms with E-state index in [0.717, 1.165) is 27.4 Å². The molecule has 0 saturated carbocycles. The fourth-order valence-corrected chi connectivity index (χ4v) is 3.32. The van der Waals surface area contributed by atoms with E-state index >= 15 is 0 Å². The SMILES string of the molecule is Cc1nc2c([nH]c3ccccc32)c(=O)n1N=Cc1c[nH]c2ccccc12. The van der Waals surface area contributed by atoms with Crippen LogP contribution in [0, 0.1) is 6.92 Å². The first kappa shape index (κ1) is 14.7. The number of fused-ring (bicyclic) bond motifs is 4. The molecule has 0 unspecified atom stereocenters. The standard InChI is InChI=1S/C20H15N5O/c1-12-23-18-15-7-3-5-9-17(15)24-19(18)20(26)25(12)22-11-13-10-21-16-8-4-2-6-14(13)16/h2-11,21,24H,1H3. The van der Waals surface area contributed by atoms with E-state index in [0.29, 0.717) is 16.9 Å². The van der Waals surface area contributed by atoms with Crippen LogP contribution in [0.4, 0.5) is 0 Å². The van der Waals surface area contributed by atoms with Crippen molar-refractivity contribution in [2.24, 2.45) is 5.10 Å². The molecule has 0 aliphatic rings. The molecule has 3 aromatic heterocycles. The van der Waals surface area contributed by atoms with Crippen molar-refractivity contribution < 1.29 is 0 Å². The molecule has 126 valence electrons. The highest BCUT2D eigenvalue weighted by molar-refractivity contribution is 6.04. The van der Waals surface area contributed by atoms with E-state index in [2.05, 4.69) is 20.1 Å². The van der Waals surface area contributed by atoms with E-state index in [4.69, 9.17) is 0 Å². The zero-order valence-electron chi connectivity index (χ0n) is 14.0. The smallest absolute Gasteiger partial charge is 0.298 e. The molecule has 0 spiro atoms. The number of hydrogen-bond acceptors (Lipinski definition) is 3. The predicted molar refractivity (Wildman–Crippen MR) is 104 cm³/mol. The number of benzene rings is 2. The fourth-order valence-electron chi connectivity index (χ4n) is 3.32. The number of para-hydroxylation sites is 2. The summed E-state index contributed by atoms with van der Waals surface area (Å²) in [4.78, 5) is 23.9. The Balaban J connectivity index is 1.69. The van der Waals surface area contributed by atoms with Gasteiger partial charge in [-0.1, -0.05) is 36.4 Å². The van der Waals surface area contributed by atoms with Crippen molar-refractivity contribution in [3.8, 4) is 0 Å². The topological polar surface area (TPSA) is 78.8 Å². The van der Waals surface area contributed by atoms with E-state index < -0.39 is 0 Å². The van der Waals surface area contributed by atoms with Crippen LogP contribution in [0.3, 0.4) is 0 Å². The predicted octanol–water partition coefficient (Wildman–Crippen LogP) is 3.55. The maximum absolute atomic E-state index is 12.9. The highest BCUT2D eigenvalue weighted by Gasteiger charge is 2.12. The Morgan fingerprint density at radius 3 is 2.62 bits per heavy atom. The van der Waals surface area contributed by atoms with E-state index in [1.807, 2.05) is 54.7 Å². The van der Waals surface area contributed by atoms with Gasteiger partial charge in [0.05, 0.1) is 6.21 Å². The highest BCUT2D eigenvalue weighted by Crippen LogP contribution is 2.21. The molecular weight excluding hydrogens is 326 g/mol. The molecule has 0 amide bonds. The van der Waals surface area contributed by atoms with Crippen molar-refractivity contribution >= 4 is 39.1 Å². The summed E-state index contributed by atoms with van der Waals surface area (Å²) < 4.78 is 1.33. The molecule has 6 heteroatoms. The van der Waals surface area contributed by atoms with Gasteiger partial charge < -0.3 is 9.97 Å². The minimum Gasteiger partial charge on any atom is -0.361 e. The lowest BCUT2D eigenvalue weighted by Crippen LogP contribution is -2.20. The minimum absolute atomic E-state index is 0.209. The van der Waals surface area contributed by atoms with Gasteiger partial charge in [-0.3, -0.25) is 4.79 Å². The van der Waals surface area contributed by atoms with E-state index in [1.165, 1.54) is 4.68 Å². The summed E-state index contributed by atoms with van der Waals surface area (Å²) in [6.45, 7) is 1.79. The highest BCUT2D eigenvalue weighted by atomic mass is 16.1. The second kappa shape index (κ2) is 5.42. The van der Waals surface area contributed by atoms with Gasteiger partial charge in [-0.15, -0.1) is 0 Å². The van der Waals surface area contributed by atoms with Crippen LogP contribution in [-0.4, -0.2) is 25.8 Å². The lowest BCUT2D eigenvalue weighted by molar-refractivity contribution is 0.770. The van der Waals surface area contributed by atoms with E-state index in [9.17, 15) is 4.79 Å². The molecule has 0 aliphatic heterocycles. The van der Waals surface area contributed by atoms with Crippen LogP contribution in [-0.2, 0) is 0 Å². The molecule has 3 heterocycles. The lowest BCUT2D eigenvalue weighted by atomic mass is 10.2. The molecule has 0 saturated heterocycles. The zero-order valence-corrected chi connectivity index (χ0v) is 14.0. The van der Waals surface area contributed by atoms with Gasteiger partial charge in [0.2, 0.25) is 0 Å². The van der Waals surface area contributed by atoms with Gasteiger partial charge in [0.1, 0.15) is 16.9 Å². The molecule has 2 N–H and O–H groups in total. The Hall–Kier alpha value is -3.67. The van der Waals surface area contributed by atoms with E-state index in [1.54, 1.807) is 13.1 Å². The number of nitrogens with one attached hydrogen (secondary N) is 2. The molecule has 26 heavy (non-hydrogen) atoms. The fraction of sp³-hybridized carbons (Fsp3) is 0.0500. The molecule has 6 nitrogen and oxygen atoms in total. The average Bonchev–Trinajstić information content (AvgIpc) is 3.24. The number of aryl methyl sites for hydroxylation is 1. The Kier molecular flexibility index (Phi) is 3.05. The Morgan fingerprint density at radius 2 is 1.77 bits per heavy atom. The van der Waals surface area contributed by atoms with Crippen molar-refractivity contribution in [2.75, 3.05) is 0 Å². The van der Waals surface area contributed by atoms with E-state index in [-0.39, 0.29) is 5.56 Å². The summed E-state index contributed by atoms with van der Waals surface area (Å²) in [6.07, 6.45) is 3.56. The first-order valence-corrected chi connectivity index (χ1v) is 8.33. The number of hydrogen-bond donors (Lipinski definition) is 2. The molecule has 0 aliphatic carbocycles. The average molecular weight is 341 g/mol. The summed E-state index contributed by atoms with van der Waals surface area (Å²) in [6, 6.07) is 15.7. The third-order valence-electron chi connectivity index (χ3n) is 4.60. The number of H-pyrrole nitrogens is 2. The van der Waals surface area contributed by atoms with Crippen molar-refractivity contribution in [1.82, 2.24) is 19.6 Å². The molecule has 0 bridgehead atoms. The van der Waals surface area contributed by atoms with Gasteiger partial charge >= 0.3 is 0 Å². The number of aromatic amines is 2. The quantitative estimate of drug-likeness (QED) is 0.482. The molecule has 5 rings (SSSR count). The van der Waals surface area contributed by atoms with Crippen LogP contribution in [0.5, 0.6) is 0 Å². The Bertz CT molecular complexity index is 1370. The summed E-state index contributed by atoms with van der Waals surface area (Å²) in [7, 11) is 0. The molecule has 2 aromatic carbocycles. The van der Waals surface area contributed by atoms with Crippen LogP contribution < -0.4 is 5.56 Å². The lowest BCUT2D eigenvalue weighted by Gasteiger charge is -2.02. The second-order valence-corrected chi connectivity index (χ2v) is 6.20. The largest absolute Gasteiger partial charge is 0.361 e. The molecule has 5 aromatic rings. The Morgan fingerprint density at radius 1 is 1.04 bits per heavy atom. The Labute approximate surface area is 147 Å². The maximum atomic E-state index is 12.9. The van der Waals surface area contributed by atoms with Crippen molar-refractivity contribution in [3.63, 3.8) is 0 Å². The molecule has 0 radical (unpaired) electrons. The molecule has 0 atom stereocenters. The zero-order chi connectivity index (χ0) is 17.7. The number of rotatable bonds is 2. The van der Waals surface area contributed by atoms with Gasteiger partial charge in [0.15, 0.2) is 0 Å². The first-order chi connectivity index (χ1) is 12.7.